The summed E-state index contributed by atoms with van der Waals surface area (Å²) in [6.45, 7) is 2.46. The van der Waals surface area contributed by atoms with Gasteiger partial charge < -0.3 is 4.74 Å². The maximum absolute atomic E-state index is 11.7. The molecule has 0 bridgehead atoms. The summed E-state index contributed by atoms with van der Waals surface area (Å²) in [5, 5.41) is 0. The van der Waals surface area contributed by atoms with Gasteiger partial charge in [0.15, 0.2) is 0 Å². The van der Waals surface area contributed by atoms with Crippen LogP contribution in [0.1, 0.15) is 17.3 Å². The summed E-state index contributed by atoms with van der Waals surface area (Å²) in [6.07, 6.45) is 1.50. The molecule has 0 spiro atoms. The molecule has 1 aromatic rings. The lowest BCUT2D eigenvalue weighted by Crippen LogP contribution is -1.98. The van der Waals surface area contributed by atoms with E-state index in [2.05, 4.69) is 0 Å². The first-order valence-electron chi connectivity index (χ1n) is 4.32. The van der Waals surface area contributed by atoms with Crippen molar-refractivity contribution in [1.82, 2.24) is 0 Å². The van der Waals surface area contributed by atoms with Gasteiger partial charge >= 0.3 is 0 Å². The van der Waals surface area contributed by atoms with Crippen LogP contribution in [0.4, 0.5) is 0 Å². The molecule has 0 aromatic heterocycles. The standard InChI is InChI=1S/C11H11IO2/c1-2-14-8-10(12)11(13)9-6-4-3-5-7-9/h3-8H,2H2,1H3/b10-8+. The number of ether oxygens (including phenoxy) is 1. The monoisotopic (exact) mass is 302 g/mol. The van der Waals surface area contributed by atoms with Crippen LogP contribution in [0.25, 0.3) is 0 Å². The molecule has 0 radical (unpaired) electrons. The SMILES string of the molecule is CCO/C=C(/I)C(=O)c1ccccc1. The number of allylic oxidation sites excluding steroid dienone is 1. The predicted octanol–water partition coefficient (Wildman–Crippen LogP) is 3.18. The lowest BCUT2D eigenvalue weighted by Gasteiger charge is -1.99. The van der Waals surface area contributed by atoms with Gasteiger partial charge in [-0.3, -0.25) is 4.79 Å². The van der Waals surface area contributed by atoms with E-state index in [1.165, 1.54) is 6.26 Å². The Hall–Kier alpha value is -0.840. The number of carbonyl (C=O) groups is 1. The van der Waals surface area contributed by atoms with Crippen molar-refractivity contribution >= 4 is 28.4 Å². The van der Waals surface area contributed by atoms with Gasteiger partial charge in [-0.25, -0.2) is 0 Å². The van der Waals surface area contributed by atoms with Crippen molar-refractivity contribution in [2.75, 3.05) is 6.61 Å². The minimum absolute atomic E-state index is 0.000324. The Kier molecular flexibility index (Phi) is 4.65. The fourth-order valence-corrected chi connectivity index (χ4v) is 1.43. The van der Waals surface area contributed by atoms with Gasteiger partial charge in [-0.15, -0.1) is 0 Å². The van der Waals surface area contributed by atoms with Crippen molar-refractivity contribution in [2.45, 2.75) is 6.92 Å². The molecular formula is C11H11IO2. The first kappa shape index (κ1) is 11.2. The minimum Gasteiger partial charge on any atom is -0.500 e. The molecule has 74 valence electrons. The maximum atomic E-state index is 11.7. The van der Waals surface area contributed by atoms with Crippen LogP contribution in [0.2, 0.25) is 0 Å². The number of carbonyl (C=O) groups excluding carboxylic acids is 1. The van der Waals surface area contributed by atoms with E-state index in [1.807, 2.05) is 47.7 Å². The number of rotatable bonds is 4. The van der Waals surface area contributed by atoms with E-state index in [0.717, 1.165) is 0 Å². The Morgan fingerprint density at radius 3 is 2.64 bits per heavy atom. The summed E-state index contributed by atoms with van der Waals surface area (Å²) >= 11 is 1.98. The highest BCUT2D eigenvalue weighted by Crippen LogP contribution is 2.14. The Labute approximate surface area is 97.1 Å². The first-order valence-corrected chi connectivity index (χ1v) is 5.40. The second-order valence-corrected chi connectivity index (χ2v) is 3.78. The van der Waals surface area contributed by atoms with Crippen molar-refractivity contribution < 1.29 is 9.53 Å². The zero-order valence-electron chi connectivity index (χ0n) is 7.87. The fourth-order valence-electron chi connectivity index (χ4n) is 0.937. The van der Waals surface area contributed by atoms with Gasteiger partial charge in [-0.2, -0.15) is 0 Å². The molecule has 1 rings (SSSR count). The largest absolute Gasteiger partial charge is 0.500 e. The van der Waals surface area contributed by atoms with Crippen molar-refractivity contribution in [2.24, 2.45) is 0 Å². The van der Waals surface area contributed by atoms with Crippen molar-refractivity contribution in [3.8, 4) is 0 Å². The number of hydrogen-bond acceptors (Lipinski definition) is 2. The van der Waals surface area contributed by atoms with E-state index in [4.69, 9.17) is 4.74 Å². The van der Waals surface area contributed by atoms with Gasteiger partial charge in [0.1, 0.15) is 6.26 Å². The average Bonchev–Trinajstić information content (AvgIpc) is 2.26. The molecule has 0 aliphatic heterocycles. The Balaban J connectivity index is 2.76. The number of halogens is 1. The van der Waals surface area contributed by atoms with Crippen LogP contribution in [0.3, 0.4) is 0 Å². The molecule has 0 saturated carbocycles. The van der Waals surface area contributed by atoms with Crippen LogP contribution in [0.15, 0.2) is 40.2 Å². The molecule has 1 aromatic carbocycles. The normalized spacial score (nSPS) is 11.1. The highest BCUT2D eigenvalue weighted by Gasteiger charge is 2.08. The number of hydrogen-bond donors (Lipinski definition) is 0. The third-order valence-corrected chi connectivity index (χ3v) is 2.35. The summed E-state index contributed by atoms with van der Waals surface area (Å²) < 4.78 is 5.64. The van der Waals surface area contributed by atoms with Crippen molar-refractivity contribution in [1.29, 1.82) is 0 Å². The zero-order chi connectivity index (χ0) is 10.4. The molecule has 3 heteroatoms. The number of Topliss-reactive ketones (excluding diaryl/α,β-unsaturated/α-hetero) is 1. The second kappa shape index (κ2) is 5.80. The number of ketones is 1. The van der Waals surface area contributed by atoms with Crippen LogP contribution < -0.4 is 0 Å². The Morgan fingerprint density at radius 1 is 1.43 bits per heavy atom. The molecule has 0 atom stereocenters. The summed E-state index contributed by atoms with van der Waals surface area (Å²) in [5.41, 5.74) is 0.688. The zero-order valence-corrected chi connectivity index (χ0v) is 10.0. The molecular weight excluding hydrogens is 291 g/mol. The molecule has 14 heavy (non-hydrogen) atoms. The van der Waals surface area contributed by atoms with E-state index in [1.54, 1.807) is 12.1 Å². The van der Waals surface area contributed by atoms with Crippen LogP contribution >= 0.6 is 22.6 Å². The molecule has 0 aliphatic carbocycles. The van der Waals surface area contributed by atoms with Crippen LogP contribution in [-0.4, -0.2) is 12.4 Å². The average molecular weight is 302 g/mol. The maximum Gasteiger partial charge on any atom is 0.202 e. The van der Waals surface area contributed by atoms with Gasteiger partial charge in [0.2, 0.25) is 5.78 Å². The molecule has 0 fully saturated rings. The Morgan fingerprint density at radius 2 is 2.07 bits per heavy atom. The van der Waals surface area contributed by atoms with E-state index < -0.39 is 0 Å². The molecule has 0 heterocycles. The Bertz CT molecular complexity index is 330. The van der Waals surface area contributed by atoms with Gasteiger partial charge in [-0.1, -0.05) is 30.3 Å². The third kappa shape index (κ3) is 3.14. The minimum atomic E-state index is -0.000324. The van der Waals surface area contributed by atoms with E-state index in [-0.39, 0.29) is 5.78 Å². The van der Waals surface area contributed by atoms with Crippen LogP contribution in [0.5, 0.6) is 0 Å². The van der Waals surface area contributed by atoms with E-state index >= 15 is 0 Å². The second-order valence-electron chi connectivity index (χ2n) is 2.62. The van der Waals surface area contributed by atoms with Crippen LogP contribution in [-0.2, 0) is 4.74 Å². The van der Waals surface area contributed by atoms with E-state index in [0.29, 0.717) is 15.8 Å². The fraction of sp³-hybridized carbons (Fsp3) is 0.182. The highest BCUT2D eigenvalue weighted by molar-refractivity contribution is 14.1. The topological polar surface area (TPSA) is 26.3 Å². The summed E-state index contributed by atoms with van der Waals surface area (Å²) in [5.74, 6) is -0.000324. The molecule has 0 N–H and O–H groups in total. The summed E-state index contributed by atoms with van der Waals surface area (Å²) in [7, 11) is 0. The quantitative estimate of drug-likeness (QED) is 0.369. The molecule has 0 saturated heterocycles. The molecule has 0 unspecified atom stereocenters. The third-order valence-electron chi connectivity index (χ3n) is 1.61. The van der Waals surface area contributed by atoms with Crippen molar-refractivity contribution in [3.63, 3.8) is 0 Å². The van der Waals surface area contributed by atoms with Gasteiger partial charge in [0.05, 0.1) is 10.2 Å². The van der Waals surface area contributed by atoms with Crippen LogP contribution in [0, 0.1) is 0 Å². The van der Waals surface area contributed by atoms with Gasteiger partial charge in [0, 0.05) is 5.56 Å². The highest BCUT2D eigenvalue weighted by atomic mass is 127. The molecule has 0 amide bonds. The predicted molar refractivity (Wildman–Crippen MR) is 64.5 cm³/mol. The van der Waals surface area contributed by atoms with E-state index in [9.17, 15) is 4.79 Å². The molecule has 2 nitrogen and oxygen atoms in total. The lowest BCUT2D eigenvalue weighted by atomic mass is 10.1. The summed E-state index contributed by atoms with van der Waals surface area (Å²) in [4.78, 5) is 11.7. The van der Waals surface area contributed by atoms with Gasteiger partial charge in [0.25, 0.3) is 0 Å². The number of benzene rings is 1. The smallest absolute Gasteiger partial charge is 0.202 e. The van der Waals surface area contributed by atoms with Gasteiger partial charge in [-0.05, 0) is 29.5 Å². The first-order chi connectivity index (χ1) is 6.75. The van der Waals surface area contributed by atoms with Crippen molar-refractivity contribution in [3.05, 3.63) is 45.7 Å². The lowest BCUT2D eigenvalue weighted by molar-refractivity contribution is 0.104. The summed E-state index contributed by atoms with van der Waals surface area (Å²) in [6, 6.07) is 9.16. The molecule has 0 aliphatic rings.